The monoisotopic (exact) mass is 288 g/mol. The van der Waals surface area contributed by atoms with Crippen LogP contribution in [-0.2, 0) is 11.3 Å². The molecule has 0 spiro atoms. The van der Waals surface area contributed by atoms with Gasteiger partial charge in [-0.2, -0.15) is 0 Å². The Bertz CT molecular complexity index is 652. The van der Waals surface area contributed by atoms with Crippen molar-refractivity contribution in [2.24, 2.45) is 0 Å². The van der Waals surface area contributed by atoms with Crippen LogP contribution in [0.2, 0.25) is 0 Å². The minimum atomic E-state index is -0.462. The fourth-order valence-corrected chi connectivity index (χ4v) is 1.98. The second-order valence-corrected chi connectivity index (χ2v) is 4.56. The van der Waals surface area contributed by atoms with E-state index in [9.17, 15) is 9.18 Å². The van der Waals surface area contributed by atoms with Gasteiger partial charge in [0.2, 0.25) is 0 Å². The topological polar surface area (TPSA) is 44.8 Å². The van der Waals surface area contributed by atoms with Gasteiger partial charge in [-0.15, -0.1) is 0 Å². The first-order valence-electron chi connectivity index (χ1n) is 6.53. The van der Waals surface area contributed by atoms with Gasteiger partial charge in [0.1, 0.15) is 25.6 Å². The zero-order valence-corrected chi connectivity index (χ0v) is 11.2. The number of ether oxygens (including phenoxy) is 3. The Labute approximate surface area is 121 Å². The molecule has 1 heterocycles. The number of halogens is 1. The van der Waals surface area contributed by atoms with Crippen LogP contribution in [0, 0.1) is 5.82 Å². The van der Waals surface area contributed by atoms with Gasteiger partial charge in [-0.3, -0.25) is 0 Å². The average Bonchev–Trinajstić information content (AvgIpc) is 2.53. The normalized spacial score (nSPS) is 12.8. The highest BCUT2D eigenvalue weighted by Crippen LogP contribution is 2.30. The van der Waals surface area contributed by atoms with Crippen LogP contribution in [0.25, 0.3) is 0 Å². The maximum absolute atomic E-state index is 12.8. The van der Waals surface area contributed by atoms with Crippen molar-refractivity contribution < 1.29 is 23.4 Å². The molecule has 21 heavy (non-hydrogen) atoms. The molecule has 0 unspecified atom stereocenters. The van der Waals surface area contributed by atoms with Gasteiger partial charge >= 0.3 is 5.97 Å². The van der Waals surface area contributed by atoms with Crippen LogP contribution >= 0.6 is 0 Å². The molecule has 5 heteroatoms. The summed E-state index contributed by atoms with van der Waals surface area (Å²) in [6, 6.07) is 10.7. The van der Waals surface area contributed by atoms with Gasteiger partial charge in [0.05, 0.1) is 5.56 Å². The summed E-state index contributed by atoms with van der Waals surface area (Å²) >= 11 is 0. The van der Waals surface area contributed by atoms with Crippen LogP contribution in [0.1, 0.15) is 15.9 Å². The first-order valence-corrected chi connectivity index (χ1v) is 6.53. The molecule has 0 aromatic heterocycles. The molecular weight excluding hydrogens is 275 g/mol. The Morgan fingerprint density at radius 2 is 1.76 bits per heavy atom. The number of benzene rings is 2. The summed E-state index contributed by atoms with van der Waals surface area (Å²) in [6.07, 6.45) is 0. The van der Waals surface area contributed by atoms with Gasteiger partial charge in [0.15, 0.2) is 11.5 Å². The zero-order valence-electron chi connectivity index (χ0n) is 11.2. The molecular formula is C16H13FO4. The van der Waals surface area contributed by atoms with E-state index in [-0.39, 0.29) is 12.4 Å². The molecule has 0 saturated heterocycles. The van der Waals surface area contributed by atoms with Crippen LogP contribution in [0.3, 0.4) is 0 Å². The minimum Gasteiger partial charge on any atom is -0.486 e. The molecule has 0 radical (unpaired) electrons. The molecule has 0 saturated carbocycles. The predicted octanol–water partition coefficient (Wildman–Crippen LogP) is 2.95. The van der Waals surface area contributed by atoms with Crippen molar-refractivity contribution in [3.63, 3.8) is 0 Å². The molecule has 0 bridgehead atoms. The Kier molecular flexibility index (Phi) is 3.73. The summed E-state index contributed by atoms with van der Waals surface area (Å²) in [7, 11) is 0. The number of fused-ring (bicyclic) bond motifs is 1. The van der Waals surface area contributed by atoms with Gasteiger partial charge in [-0.05, 0) is 35.9 Å². The van der Waals surface area contributed by atoms with E-state index in [1.807, 2.05) is 0 Å². The predicted molar refractivity (Wildman–Crippen MR) is 73.0 cm³/mol. The molecule has 4 nitrogen and oxygen atoms in total. The largest absolute Gasteiger partial charge is 0.486 e. The van der Waals surface area contributed by atoms with Gasteiger partial charge in [0.25, 0.3) is 0 Å². The first-order chi connectivity index (χ1) is 10.2. The smallest absolute Gasteiger partial charge is 0.338 e. The van der Waals surface area contributed by atoms with Gasteiger partial charge in [-0.1, -0.05) is 12.1 Å². The molecule has 108 valence electrons. The van der Waals surface area contributed by atoms with E-state index < -0.39 is 5.97 Å². The van der Waals surface area contributed by atoms with E-state index in [2.05, 4.69) is 0 Å². The summed E-state index contributed by atoms with van der Waals surface area (Å²) in [4.78, 5) is 12.0. The van der Waals surface area contributed by atoms with Crippen LogP contribution in [0.4, 0.5) is 4.39 Å². The van der Waals surface area contributed by atoms with E-state index in [4.69, 9.17) is 14.2 Å². The summed E-state index contributed by atoms with van der Waals surface area (Å²) in [5.41, 5.74) is 1.11. The van der Waals surface area contributed by atoms with Gasteiger partial charge < -0.3 is 14.2 Å². The number of hydrogen-bond acceptors (Lipinski definition) is 4. The van der Waals surface area contributed by atoms with Crippen LogP contribution in [0.15, 0.2) is 42.5 Å². The Hall–Kier alpha value is -2.56. The fourth-order valence-electron chi connectivity index (χ4n) is 1.98. The highest BCUT2D eigenvalue weighted by Gasteiger charge is 2.15. The van der Waals surface area contributed by atoms with E-state index >= 15 is 0 Å². The zero-order chi connectivity index (χ0) is 14.7. The standard InChI is InChI=1S/C16H13FO4/c17-13-4-1-11(2-5-13)10-21-16(18)12-3-6-14-15(9-12)20-8-7-19-14/h1-6,9H,7-8,10H2. The molecule has 1 aliphatic heterocycles. The molecule has 2 aromatic rings. The number of carbonyl (C=O) groups excluding carboxylic acids is 1. The highest BCUT2D eigenvalue weighted by molar-refractivity contribution is 5.90. The SMILES string of the molecule is O=C(OCc1ccc(F)cc1)c1ccc2c(c1)OCCO2. The fraction of sp³-hybridized carbons (Fsp3) is 0.188. The highest BCUT2D eigenvalue weighted by atomic mass is 19.1. The maximum atomic E-state index is 12.8. The lowest BCUT2D eigenvalue weighted by atomic mass is 10.2. The molecule has 3 rings (SSSR count). The van der Waals surface area contributed by atoms with Crippen LogP contribution in [0.5, 0.6) is 11.5 Å². The molecule has 0 aliphatic carbocycles. The van der Waals surface area contributed by atoms with Crippen molar-refractivity contribution in [2.45, 2.75) is 6.61 Å². The molecule has 2 aromatic carbocycles. The number of esters is 1. The lowest BCUT2D eigenvalue weighted by Crippen LogP contribution is -2.16. The van der Waals surface area contributed by atoms with Crippen molar-refractivity contribution in [1.82, 2.24) is 0 Å². The van der Waals surface area contributed by atoms with Gasteiger partial charge in [0, 0.05) is 0 Å². The Balaban J connectivity index is 1.66. The first kappa shape index (κ1) is 13.4. The molecule has 1 aliphatic rings. The summed E-state index contributed by atoms with van der Waals surface area (Å²) in [6.45, 7) is 1.05. The van der Waals surface area contributed by atoms with Crippen molar-refractivity contribution >= 4 is 5.97 Å². The Morgan fingerprint density at radius 1 is 1.05 bits per heavy atom. The molecule has 0 atom stereocenters. The lowest BCUT2D eigenvalue weighted by molar-refractivity contribution is 0.0471. The molecule has 0 fully saturated rings. The number of hydrogen-bond donors (Lipinski definition) is 0. The Morgan fingerprint density at radius 3 is 2.52 bits per heavy atom. The van der Waals surface area contributed by atoms with Crippen molar-refractivity contribution in [2.75, 3.05) is 13.2 Å². The van der Waals surface area contributed by atoms with Crippen molar-refractivity contribution in [3.05, 3.63) is 59.4 Å². The third kappa shape index (κ3) is 3.13. The minimum absolute atomic E-state index is 0.0908. The van der Waals surface area contributed by atoms with Crippen molar-refractivity contribution in [3.8, 4) is 11.5 Å². The van der Waals surface area contributed by atoms with E-state index in [0.29, 0.717) is 30.3 Å². The van der Waals surface area contributed by atoms with E-state index in [1.54, 1.807) is 30.3 Å². The summed E-state index contributed by atoms with van der Waals surface area (Å²) in [5, 5.41) is 0. The van der Waals surface area contributed by atoms with Crippen molar-refractivity contribution in [1.29, 1.82) is 0 Å². The van der Waals surface area contributed by atoms with Gasteiger partial charge in [-0.25, -0.2) is 9.18 Å². The summed E-state index contributed by atoms with van der Waals surface area (Å²) in [5.74, 6) is 0.377. The van der Waals surface area contributed by atoms with E-state index in [0.717, 1.165) is 5.56 Å². The quantitative estimate of drug-likeness (QED) is 0.815. The third-order valence-corrected chi connectivity index (χ3v) is 3.06. The summed E-state index contributed by atoms with van der Waals surface area (Å²) < 4.78 is 28.8. The second-order valence-electron chi connectivity index (χ2n) is 4.56. The van der Waals surface area contributed by atoms with E-state index in [1.165, 1.54) is 12.1 Å². The lowest BCUT2D eigenvalue weighted by Gasteiger charge is -2.18. The second kappa shape index (κ2) is 5.83. The third-order valence-electron chi connectivity index (χ3n) is 3.06. The average molecular weight is 288 g/mol. The van der Waals surface area contributed by atoms with Crippen LogP contribution in [-0.4, -0.2) is 19.2 Å². The molecule has 0 amide bonds. The maximum Gasteiger partial charge on any atom is 0.338 e. The number of rotatable bonds is 3. The molecule has 0 N–H and O–H groups in total. The number of carbonyl (C=O) groups is 1. The van der Waals surface area contributed by atoms with Crippen LogP contribution < -0.4 is 9.47 Å².